The van der Waals surface area contributed by atoms with Crippen LogP contribution in [0.3, 0.4) is 0 Å². The minimum absolute atomic E-state index is 0.528. The van der Waals surface area contributed by atoms with Crippen molar-refractivity contribution in [3.8, 4) is 0 Å². The molecule has 0 aromatic carbocycles. The molecule has 0 amide bonds. The zero-order chi connectivity index (χ0) is 11.3. The zero-order valence-electron chi connectivity index (χ0n) is 10.5. The van der Waals surface area contributed by atoms with Crippen LogP contribution in [-0.4, -0.2) is 35.6 Å². The van der Waals surface area contributed by atoms with Gasteiger partial charge < -0.3 is 5.32 Å². The Labute approximate surface area is 104 Å². The van der Waals surface area contributed by atoms with E-state index in [-0.39, 0.29) is 0 Å². The van der Waals surface area contributed by atoms with E-state index in [2.05, 4.69) is 44.1 Å². The Morgan fingerprint density at radius 2 is 2.27 bits per heavy atom. The van der Waals surface area contributed by atoms with Gasteiger partial charge in [0.25, 0.3) is 0 Å². The lowest BCUT2D eigenvalue weighted by Gasteiger charge is -2.36. The van der Waals surface area contributed by atoms with Crippen LogP contribution in [0.4, 0.5) is 0 Å². The third kappa shape index (κ3) is 5.50. The summed E-state index contributed by atoms with van der Waals surface area (Å²) in [5.41, 5.74) is 0.528. The highest BCUT2D eigenvalue weighted by Gasteiger charge is 2.28. The fourth-order valence-electron chi connectivity index (χ4n) is 2.15. The zero-order valence-corrected chi connectivity index (χ0v) is 12.1. The van der Waals surface area contributed by atoms with Gasteiger partial charge in [0.15, 0.2) is 0 Å². The summed E-state index contributed by atoms with van der Waals surface area (Å²) in [6, 6.07) is 1.41. The molecule has 1 fully saturated rings. The van der Waals surface area contributed by atoms with Crippen LogP contribution >= 0.6 is 23.5 Å². The summed E-state index contributed by atoms with van der Waals surface area (Å²) < 4.78 is 0. The van der Waals surface area contributed by atoms with E-state index in [0.29, 0.717) is 11.5 Å². The highest BCUT2D eigenvalue weighted by atomic mass is 32.2. The molecule has 90 valence electrons. The molecule has 0 radical (unpaired) electrons. The Morgan fingerprint density at radius 3 is 2.87 bits per heavy atom. The van der Waals surface area contributed by atoms with Gasteiger partial charge in [0.1, 0.15) is 0 Å². The SMILES string of the molecule is CSCCC(C)NC1CSCC(C)(C)C1. The summed E-state index contributed by atoms with van der Waals surface area (Å²) >= 11 is 4.05. The van der Waals surface area contributed by atoms with Crippen molar-refractivity contribution in [1.82, 2.24) is 5.32 Å². The van der Waals surface area contributed by atoms with E-state index in [9.17, 15) is 0 Å². The van der Waals surface area contributed by atoms with E-state index in [1.807, 2.05) is 11.8 Å². The average Bonchev–Trinajstić information content (AvgIpc) is 2.13. The van der Waals surface area contributed by atoms with E-state index in [1.165, 1.54) is 30.1 Å². The minimum Gasteiger partial charge on any atom is -0.311 e. The second kappa shape index (κ2) is 6.41. The van der Waals surface area contributed by atoms with E-state index < -0.39 is 0 Å². The first kappa shape index (κ1) is 13.7. The molecule has 1 aliphatic rings. The second-order valence-electron chi connectivity index (χ2n) is 5.43. The van der Waals surface area contributed by atoms with Gasteiger partial charge in [-0.05, 0) is 42.9 Å². The van der Waals surface area contributed by atoms with Crippen LogP contribution in [0, 0.1) is 5.41 Å². The first-order valence-electron chi connectivity index (χ1n) is 5.86. The maximum Gasteiger partial charge on any atom is 0.0166 e. The van der Waals surface area contributed by atoms with Gasteiger partial charge in [-0.15, -0.1) is 0 Å². The van der Waals surface area contributed by atoms with Crippen LogP contribution in [0.5, 0.6) is 0 Å². The lowest BCUT2D eigenvalue weighted by molar-refractivity contribution is 0.302. The quantitative estimate of drug-likeness (QED) is 0.801. The van der Waals surface area contributed by atoms with Crippen molar-refractivity contribution in [2.24, 2.45) is 5.41 Å². The molecule has 1 N–H and O–H groups in total. The molecule has 2 unspecified atom stereocenters. The summed E-state index contributed by atoms with van der Waals surface area (Å²) in [6.07, 6.45) is 4.82. The normalized spacial score (nSPS) is 27.6. The summed E-state index contributed by atoms with van der Waals surface area (Å²) in [5, 5.41) is 3.78. The van der Waals surface area contributed by atoms with Crippen molar-refractivity contribution in [2.75, 3.05) is 23.5 Å². The summed E-state index contributed by atoms with van der Waals surface area (Å²) in [5.74, 6) is 3.90. The molecule has 15 heavy (non-hydrogen) atoms. The van der Waals surface area contributed by atoms with Crippen molar-refractivity contribution in [3.63, 3.8) is 0 Å². The topological polar surface area (TPSA) is 12.0 Å². The number of hydrogen-bond acceptors (Lipinski definition) is 3. The second-order valence-corrected chi connectivity index (χ2v) is 7.45. The summed E-state index contributed by atoms with van der Waals surface area (Å²) in [7, 11) is 0. The monoisotopic (exact) mass is 247 g/mol. The average molecular weight is 247 g/mol. The van der Waals surface area contributed by atoms with E-state index in [4.69, 9.17) is 0 Å². The van der Waals surface area contributed by atoms with Gasteiger partial charge in [-0.3, -0.25) is 0 Å². The minimum atomic E-state index is 0.528. The van der Waals surface area contributed by atoms with Gasteiger partial charge in [0, 0.05) is 17.8 Å². The fourth-order valence-corrected chi connectivity index (χ4v) is 4.03. The van der Waals surface area contributed by atoms with E-state index >= 15 is 0 Å². The van der Waals surface area contributed by atoms with Crippen LogP contribution in [0.1, 0.15) is 33.6 Å². The van der Waals surface area contributed by atoms with Crippen LogP contribution < -0.4 is 5.32 Å². The molecular weight excluding hydrogens is 222 g/mol. The summed E-state index contributed by atoms with van der Waals surface area (Å²) in [4.78, 5) is 0. The number of thioether (sulfide) groups is 2. The van der Waals surface area contributed by atoms with Gasteiger partial charge in [-0.2, -0.15) is 23.5 Å². The third-order valence-electron chi connectivity index (χ3n) is 2.89. The Kier molecular flexibility index (Phi) is 5.86. The predicted octanol–water partition coefficient (Wildman–Crippen LogP) is 3.25. The molecule has 0 spiro atoms. The van der Waals surface area contributed by atoms with Crippen molar-refractivity contribution in [1.29, 1.82) is 0 Å². The first-order valence-corrected chi connectivity index (χ1v) is 8.41. The van der Waals surface area contributed by atoms with Gasteiger partial charge in [-0.25, -0.2) is 0 Å². The Morgan fingerprint density at radius 1 is 1.53 bits per heavy atom. The molecule has 0 aromatic rings. The van der Waals surface area contributed by atoms with Crippen LogP contribution in [0.25, 0.3) is 0 Å². The smallest absolute Gasteiger partial charge is 0.0166 e. The third-order valence-corrected chi connectivity index (χ3v) is 5.15. The van der Waals surface area contributed by atoms with Crippen molar-refractivity contribution >= 4 is 23.5 Å². The maximum atomic E-state index is 3.78. The first-order chi connectivity index (χ1) is 7.03. The van der Waals surface area contributed by atoms with Crippen molar-refractivity contribution < 1.29 is 0 Å². The number of nitrogens with one attached hydrogen (secondary N) is 1. The molecule has 1 rings (SSSR count). The predicted molar refractivity (Wildman–Crippen MR) is 75.1 cm³/mol. The molecule has 0 aliphatic carbocycles. The highest BCUT2D eigenvalue weighted by Crippen LogP contribution is 2.33. The molecule has 0 saturated carbocycles. The lowest BCUT2D eigenvalue weighted by Crippen LogP contribution is -2.44. The highest BCUT2D eigenvalue weighted by molar-refractivity contribution is 7.99. The molecule has 3 heteroatoms. The summed E-state index contributed by atoms with van der Waals surface area (Å²) in [6.45, 7) is 7.10. The van der Waals surface area contributed by atoms with Gasteiger partial charge in [0.2, 0.25) is 0 Å². The van der Waals surface area contributed by atoms with Gasteiger partial charge in [-0.1, -0.05) is 13.8 Å². The van der Waals surface area contributed by atoms with E-state index in [1.54, 1.807) is 0 Å². The molecule has 1 aliphatic heterocycles. The number of hydrogen-bond donors (Lipinski definition) is 1. The standard InChI is InChI=1S/C12H25NS2/c1-10(5-6-14-4)13-11-7-12(2,3)9-15-8-11/h10-11,13H,5-9H2,1-4H3. The van der Waals surface area contributed by atoms with E-state index in [0.717, 1.165) is 6.04 Å². The lowest BCUT2D eigenvalue weighted by atomic mass is 9.87. The molecule has 0 aromatic heterocycles. The maximum absolute atomic E-state index is 3.78. The Hall–Kier alpha value is 0.660. The van der Waals surface area contributed by atoms with Crippen LogP contribution in [0.15, 0.2) is 0 Å². The van der Waals surface area contributed by atoms with Crippen molar-refractivity contribution in [3.05, 3.63) is 0 Å². The van der Waals surface area contributed by atoms with Gasteiger partial charge in [0.05, 0.1) is 0 Å². The molecule has 1 saturated heterocycles. The van der Waals surface area contributed by atoms with Gasteiger partial charge >= 0.3 is 0 Å². The van der Waals surface area contributed by atoms with Crippen LogP contribution in [-0.2, 0) is 0 Å². The Bertz CT molecular complexity index is 182. The molecule has 1 nitrogen and oxygen atoms in total. The number of rotatable bonds is 5. The molecule has 0 bridgehead atoms. The Balaban J connectivity index is 2.25. The molecular formula is C12H25NS2. The molecule has 2 atom stereocenters. The van der Waals surface area contributed by atoms with Crippen LogP contribution in [0.2, 0.25) is 0 Å². The van der Waals surface area contributed by atoms with Crippen molar-refractivity contribution in [2.45, 2.75) is 45.7 Å². The largest absolute Gasteiger partial charge is 0.311 e. The fraction of sp³-hybridized carbons (Fsp3) is 1.00. The molecule has 1 heterocycles.